The van der Waals surface area contributed by atoms with E-state index in [1.807, 2.05) is 48.2 Å². The Labute approximate surface area is 124 Å². The number of anilines is 1. The van der Waals surface area contributed by atoms with Crippen LogP contribution in [0.15, 0.2) is 48.8 Å². The Morgan fingerprint density at radius 1 is 1.29 bits per heavy atom. The summed E-state index contributed by atoms with van der Waals surface area (Å²) in [6.45, 7) is 3.22. The number of ether oxygens (including phenoxy) is 1. The van der Waals surface area contributed by atoms with Crippen molar-refractivity contribution in [2.75, 3.05) is 18.1 Å². The van der Waals surface area contributed by atoms with Crippen molar-refractivity contribution >= 4 is 11.6 Å². The monoisotopic (exact) mass is 282 g/mol. The molecule has 0 aliphatic carbocycles. The molecule has 0 saturated carbocycles. The van der Waals surface area contributed by atoms with Gasteiger partial charge in [0, 0.05) is 30.2 Å². The van der Waals surface area contributed by atoms with E-state index in [-0.39, 0.29) is 11.8 Å². The third kappa shape index (κ3) is 2.61. The molecule has 2 heterocycles. The van der Waals surface area contributed by atoms with Crippen LogP contribution in [0.25, 0.3) is 0 Å². The number of pyridine rings is 1. The number of carbonyl (C=O) groups is 1. The maximum Gasteiger partial charge on any atom is 0.234 e. The van der Waals surface area contributed by atoms with E-state index in [1.165, 1.54) is 0 Å². The van der Waals surface area contributed by atoms with Gasteiger partial charge in [0.2, 0.25) is 5.91 Å². The van der Waals surface area contributed by atoms with Crippen LogP contribution < -0.4 is 9.64 Å². The summed E-state index contributed by atoms with van der Waals surface area (Å²) in [6, 6.07) is 11.5. The third-order valence-corrected chi connectivity index (χ3v) is 3.81. The van der Waals surface area contributed by atoms with Crippen LogP contribution in [0.3, 0.4) is 0 Å². The Morgan fingerprint density at radius 3 is 2.81 bits per heavy atom. The first kappa shape index (κ1) is 13.6. The highest BCUT2D eigenvalue weighted by Gasteiger charge is 2.30. The number of amides is 1. The molecule has 21 heavy (non-hydrogen) atoms. The van der Waals surface area contributed by atoms with Gasteiger partial charge >= 0.3 is 0 Å². The lowest BCUT2D eigenvalue weighted by Gasteiger charge is -2.30. The van der Waals surface area contributed by atoms with Gasteiger partial charge in [0.1, 0.15) is 5.75 Å². The minimum atomic E-state index is -0.136. The number of likely N-dealkylation sites (N-methyl/N-ethyl adjacent to an activating group) is 1. The summed E-state index contributed by atoms with van der Waals surface area (Å²) >= 11 is 0. The average molecular weight is 282 g/mol. The average Bonchev–Trinajstić information content (AvgIpc) is 2.56. The van der Waals surface area contributed by atoms with Crippen LogP contribution in [-0.2, 0) is 4.79 Å². The number of fused-ring (bicyclic) bond motifs is 1. The second-order valence-corrected chi connectivity index (χ2v) is 5.02. The van der Waals surface area contributed by atoms with Gasteiger partial charge in [0.05, 0.1) is 12.5 Å². The predicted octanol–water partition coefficient (Wildman–Crippen LogP) is 3.00. The fraction of sp³-hybridized carbons (Fsp3) is 0.294. The molecular formula is C17H18N2O2. The molecule has 4 heteroatoms. The van der Waals surface area contributed by atoms with Crippen molar-refractivity contribution < 1.29 is 9.53 Å². The van der Waals surface area contributed by atoms with Crippen LogP contribution in [0.4, 0.5) is 5.69 Å². The van der Waals surface area contributed by atoms with E-state index in [0.29, 0.717) is 13.2 Å². The van der Waals surface area contributed by atoms with Gasteiger partial charge in [-0.15, -0.1) is 0 Å². The summed E-state index contributed by atoms with van der Waals surface area (Å²) < 4.78 is 5.64. The van der Waals surface area contributed by atoms with Crippen LogP contribution in [0.1, 0.15) is 24.8 Å². The van der Waals surface area contributed by atoms with Crippen LogP contribution in [0.2, 0.25) is 0 Å². The summed E-state index contributed by atoms with van der Waals surface area (Å²) in [7, 11) is 0. The first-order valence-electron chi connectivity index (χ1n) is 7.24. The van der Waals surface area contributed by atoms with Gasteiger partial charge in [-0.05, 0) is 31.5 Å². The molecule has 0 radical (unpaired) electrons. The van der Waals surface area contributed by atoms with E-state index < -0.39 is 0 Å². The number of nitrogens with zero attached hydrogens (tertiary/aromatic N) is 2. The summed E-state index contributed by atoms with van der Waals surface area (Å²) in [5, 5.41) is 0. The van der Waals surface area contributed by atoms with Gasteiger partial charge in [0.15, 0.2) is 0 Å². The molecule has 2 aromatic rings. The minimum absolute atomic E-state index is 0.124. The molecule has 0 fully saturated rings. The zero-order valence-electron chi connectivity index (χ0n) is 12.0. The quantitative estimate of drug-likeness (QED) is 0.869. The zero-order valence-corrected chi connectivity index (χ0v) is 12.0. The lowest BCUT2D eigenvalue weighted by molar-refractivity contribution is -0.120. The van der Waals surface area contributed by atoms with Crippen molar-refractivity contribution in [1.82, 2.24) is 4.98 Å². The molecule has 1 atom stereocenters. The van der Waals surface area contributed by atoms with Gasteiger partial charge in [0.25, 0.3) is 0 Å². The second-order valence-electron chi connectivity index (χ2n) is 5.02. The standard InChI is InChI=1S/C17H18N2O2/c1-2-19(13-7-10-18-11-8-13)17(20)15-9-12-21-16-6-4-3-5-14(15)16/h3-8,10-11,15H,2,9,12H2,1H3. The van der Waals surface area contributed by atoms with Gasteiger partial charge in [-0.25, -0.2) is 0 Å². The third-order valence-electron chi connectivity index (χ3n) is 3.81. The van der Waals surface area contributed by atoms with E-state index in [1.54, 1.807) is 12.4 Å². The molecule has 1 aromatic carbocycles. The highest BCUT2D eigenvalue weighted by Crippen LogP contribution is 2.35. The Morgan fingerprint density at radius 2 is 2.05 bits per heavy atom. The number of hydrogen-bond acceptors (Lipinski definition) is 3. The van der Waals surface area contributed by atoms with E-state index in [4.69, 9.17) is 4.74 Å². The van der Waals surface area contributed by atoms with Crippen LogP contribution in [-0.4, -0.2) is 24.0 Å². The number of benzene rings is 1. The number of para-hydroxylation sites is 1. The lowest BCUT2D eigenvalue weighted by atomic mass is 9.91. The topological polar surface area (TPSA) is 42.4 Å². The lowest BCUT2D eigenvalue weighted by Crippen LogP contribution is -2.37. The van der Waals surface area contributed by atoms with Crippen molar-refractivity contribution in [3.63, 3.8) is 0 Å². The molecular weight excluding hydrogens is 264 g/mol. The summed E-state index contributed by atoms with van der Waals surface area (Å²) in [5.74, 6) is 0.815. The van der Waals surface area contributed by atoms with Crippen molar-refractivity contribution in [3.05, 3.63) is 54.4 Å². The molecule has 3 rings (SSSR count). The van der Waals surface area contributed by atoms with Gasteiger partial charge in [-0.3, -0.25) is 9.78 Å². The molecule has 4 nitrogen and oxygen atoms in total. The SMILES string of the molecule is CCN(C(=O)C1CCOc2ccccc21)c1ccncc1. The van der Waals surface area contributed by atoms with Crippen molar-refractivity contribution in [3.8, 4) is 5.75 Å². The summed E-state index contributed by atoms with van der Waals surface area (Å²) in [4.78, 5) is 18.8. The molecule has 108 valence electrons. The molecule has 0 saturated heterocycles. The van der Waals surface area contributed by atoms with Gasteiger partial charge in [-0.2, -0.15) is 0 Å². The van der Waals surface area contributed by atoms with E-state index in [2.05, 4.69) is 4.98 Å². The van der Waals surface area contributed by atoms with E-state index in [0.717, 1.165) is 23.4 Å². The Bertz CT molecular complexity index is 628. The predicted molar refractivity (Wildman–Crippen MR) is 81.6 cm³/mol. The Balaban J connectivity index is 1.92. The number of aromatic nitrogens is 1. The highest BCUT2D eigenvalue weighted by atomic mass is 16.5. The van der Waals surface area contributed by atoms with Crippen molar-refractivity contribution in [2.24, 2.45) is 0 Å². The van der Waals surface area contributed by atoms with E-state index >= 15 is 0 Å². The number of hydrogen-bond donors (Lipinski definition) is 0. The molecule has 1 aromatic heterocycles. The van der Waals surface area contributed by atoms with Crippen molar-refractivity contribution in [1.29, 1.82) is 0 Å². The maximum atomic E-state index is 12.9. The highest BCUT2D eigenvalue weighted by molar-refractivity contribution is 5.98. The number of carbonyl (C=O) groups excluding carboxylic acids is 1. The molecule has 0 bridgehead atoms. The van der Waals surface area contributed by atoms with Gasteiger partial charge < -0.3 is 9.64 Å². The zero-order chi connectivity index (χ0) is 14.7. The van der Waals surface area contributed by atoms with Crippen LogP contribution >= 0.6 is 0 Å². The fourth-order valence-electron chi connectivity index (χ4n) is 2.78. The molecule has 1 aliphatic rings. The molecule has 0 spiro atoms. The molecule has 1 amide bonds. The molecule has 0 N–H and O–H groups in total. The van der Waals surface area contributed by atoms with Crippen LogP contribution in [0, 0.1) is 0 Å². The Kier molecular flexibility index (Phi) is 3.86. The smallest absolute Gasteiger partial charge is 0.234 e. The van der Waals surface area contributed by atoms with Crippen molar-refractivity contribution in [2.45, 2.75) is 19.3 Å². The normalized spacial score (nSPS) is 16.7. The first-order chi connectivity index (χ1) is 10.3. The second kappa shape index (κ2) is 5.95. The Hall–Kier alpha value is -2.36. The minimum Gasteiger partial charge on any atom is -0.493 e. The first-order valence-corrected chi connectivity index (χ1v) is 7.24. The maximum absolute atomic E-state index is 12.9. The number of rotatable bonds is 3. The van der Waals surface area contributed by atoms with Crippen LogP contribution in [0.5, 0.6) is 5.75 Å². The largest absolute Gasteiger partial charge is 0.493 e. The summed E-state index contributed by atoms with van der Waals surface area (Å²) in [5.41, 5.74) is 1.88. The molecule has 1 aliphatic heterocycles. The summed E-state index contributed by atoms with van der Waals surface area (Å²) in [6.07, 6.45) is 4.14. The van der Waals surface area contributed by atoms with Gasteiger partial charge in [-0.1, -0.05) is 18.2 Å². The fourth-order valence-corrected chi connectivity index (χ4v) is 2.78. The van der Waals surface area contributed by atoms with E-state index in [9.17, 15) is 4.79 Å². The molecule has 1 unspecified atom stereocenters.